The number of rotatable bonds is 4. The highest BCUT2D eigenvalue weighted by Crippen LogP contribution is 2.35. The lowest BCUT2D eigenvalue weighted by Crippen LogP contribution is -2.48. The van der Waals surface area contributed by atoms with Gasteiger partial charge in [-0.25, -0.2) is 4.99 Å². The van der Waals surface area contributed by atoms with E-state index in [-0.39, 0.29) is 24.3 Å². The van der Waals surface area contributed by atoms with E-state index < -0.39 is 5.79 Å². The van der Waals surface area contributed by atoms with Crippen LogP contribution in [0.3, 0.4) is 0 Å². The van der Waals surface area contributed by atoms with Gasteiger partial charge in [0.15, 0.2) is 5.79 Å². The molecule has 5 heteroatoms. The first-order chi connectivity index (χ1) is 13.5. The van der Waals surface area contributed by atoms with Crippen LogP contribution in [0.15, 0.2) is 65.7 Å². The number of aliphatic imine (C=N–C) groups is 1. The fourth-order valence-electron chi connectivity index (χ4n) is 4.09. The summed E-state index contributed by atoms with van der Waals surface area (Å²) < 4.78 is 18.3. The first kappa shape index (κ1) is 19.0. The standard InChI is InChI=1S/C23H28N2O3/c1-23(2)27-20-18(14-16-10-6-4-7-11-16)24-22(26-3)25-19(21(20)28-23)15-17-12-8-5-9-13-17/h4-13,18-21H,14-15H2,1-3H3,(H,24,25)/t18-,19-,20?,21?/m1/s1. The van der Waals surface area contributed by atoms with Crippen LogP contribution >= 0.6 is 0 Å². The summed E-state index contributed by atoms with van der Waals surface area (Å²) in [6.07, 6.45) is 1.31. The highest BCUT2D eigenvalue weighted by atomic mass is 16.8. The second kappa shape index (κ2) is 7.94. The molecule has 2 aliphatic heterocycles. The van der Waals surface area contributed by atoms with E-state index in [1.54, 1.807) is 7.11 Å². The molecule has 1 fully saturated rings. The van der Waals surface area contributed by atoms with Gasteiger partial charge < -0.3 is 19.5 Å². The van der Waals surface area contributed by atoms with Crippen LogP contribution in [-0.4, -0.2) is 43.2 Å². The Morgan fingerprint density at radius 1 is 0.893 bits per heavy atom. The van der Waals surface area contributed by atoms with Crippen LogP contribution in [0.1, 0.15) is 25.0 Å². The van der Waals surface area contributed by atoms with Gasteiger partial charge in [0.2, 0.25) is 0 Å². The van der Waals surface area contributed by atoms with Crippen molar-refractivity contribution < 1.29 is 14.2 Å². The number of amidine groups is 1. The molecule has 5 nitrogen and oxygen atoms in total. The average molecular weight is 380 g/mol. The molecule has 4 atom stereocenters. The van der Waals surface area contributed by atoms with Gasteiger partial charge in [-0.1, -0.05) is 60.7 Å². The molecule has 148 valence electrons. The molecule has 2 aromatic carbocycles. The Balaban J connectivity index is 1.64. The van der Waals surface area contributed by atoms with Crippen LogP contribution < -0.4 is 5.32 Å². The van der Waals surface area contributed by atoms with Crippen LogP contribution in [0.2, 0.25) is 0 Å². The molecule has 2 aliphatic rings. The molecule has 2 unspecified atom stereocenters. The molecule has 0 aliphatic carbocycles. The van der Waals surface area contributed by atoms with Crippen molar-refractivity contribution in [3.05, 3.63) is 71.8 Å². The summed E-state index contributed by atoms with van der Waals surface area (Å²) in [7, 11) is 1.65. The van der Waals surface area contributed by atoms with Crippen molar-refractivity contribution >= 4 is 6.02 Å². The number of methoxy groups -OCH3 is 1. The predicted octanol–water partition coefficient (Wildman–Crippen LogP) is 3.33. The zero-order valence-corrected chi connectivity index (χ0v) is 16.7. The molecule has 0 aromatic heterocycles. The number of benzene rings is 2. The molecular weight excluding hydrogens is 352 g/mol. The summed E-state index contributed by atoms with van der Waals surface area (Å²) in [5.74, 6) is -0.638. The molecule has 1 N–H and O–H groups in total. The van der Waals surface area contributed by atoms with Crippen molar-refractivity contribution in [2.75, 3.05) is 7.11 Å². The Labute approximate surface area is 166 Å². The Kier molecular flexibility index (Phi) is 5.38. The van der Waals surface area contributed by atoms with Crippen molar-refractivity contribution in [2.24, 2.45) is 4.99 Å². The van der Waals surface area contributed by atoms with Gasteiger partial charge in [0.1, 0.15) is 12.2 Å². The molecule has 0 spiro atoms. The summed E-state index contributed by atoms with van der Waals surface area (Å²) in [6, 6.07) is 21.3. The highest BCUT2D eigenvalue weighted by molar-refractivity contribution is 5.74. The molecule has 0 amide bonds. The second-order valence-corrected chi connectivity index (χ2v) is 7.90. The molecule has 1 saturated heterocycles. The monoisotopic (exact) mass is 380 g/mol. The van der Waals surface area contributed by atoms with Crippen LogP contribution in [0.4, 0.5) is 0 Å². The summed E-state index contributed by atoms with van der Waals surface area (Å²) in [6.45, 7) is 3.95. The van der Waals surface area contributed by atoms with E-state index >= 15 is 0 Å². The van der Waals surface area contributed by atoms with E-state index in [2.05, 4.69) is 53.8 Å². The van der Waals surface area contributed by atoms with E-state index in [9.17, 15) is 0 Å². The quantitative estimate of drug-likeness (QED) is 0.884. The van der Waals surface area contributed by atoms with E-state index in [4.69, 9.17) is 19.2 Å². The minimum absolute atomic E-state index is 0.00801. The van der Waals surface area contributed by atoms with Crippen LogP contribution in [0.5, 0.6) is 0 Å². The van der Waals surface area contributed by atoms with Gasteiger partial charge in [-0.15, -0.1) is 0 Å². The third kappa shape index (κ3) is 4.21. The summed E-state index contributed by atoms with van der Waals surface area (Å²) in [4.78, 5) is 4.87. The summed E-state index contributed by atoms with van der Waals surface area (Å²) >= 11 is 0. The SMILES string of the molecule is COC1=N[C@H](Cc2ccccc2)C2OC(C)(C)OC2[C@@H](Cc2ccccc2)N1. The van der Waals surface area contributed by atoms with E-state index in [1.807, 2.05) is 26.0 Å². The summed E-state index contributed by atoms with van der Waals surface area (Å²) in [5.41, 5.74) is 2.46. The van der Waals surface area contributed by atoms with Gasteiger partial charge >= 0.3 is 0 Å². The van der Waals surface area contributed by atoms with Gasteiger partial charge in [-0.3, -0.25) is 0 Å². The predicted molar refractivity (Wildman–Crippen MR) is 109 cm³/mol. The average Bonchev–Trinajstić information content (AvgIpc) is 2.97. The topological polar surface area (TPSA) is 52.1 Å². The molecular formula is C23H28N2O3. The Bertz CT molecular complexity index is 807. The third-order valence-electron chi connectivity index (χ3n) is 5.31. The van der Waals surface area contributed by atoms with Gasteiger partial charge in [-0.2, -0.15) is 0 Å². The van der Waals surface area contributed by atoms with Gasteiger partial charge in [0.25, 0.3) is 6.02 Å². The molecule has 0 saturated carbocycles. The maximum absolute atomic E-state index is 6.36. The largest absolute Gasteiger partial charge is 0.469 e. The Hall–Kier alpha value is -2.37. The van der Waals surface area contributed by atoms with E-state index in [0.29, 0.717) is 6.02 Å². The third-order valence-corrected chi connectivity index (χ3v) is 5.31. The van der Waals surface area contributed by atoms with Crippen LogP contribution in [0, 0.1) is 0 Å². The first-order valence-corrected chi connectivity index (χ1v) is 9.86. The maximum Gasteiger partial charge on any atom is 0.285 e. The smallest absolute Gasteiger partial charge is 0.285 e. The summed E-state index contributed by atoms with van der Waals surface area (Å²) in [5, 5.41) is 3.46. The lowest BCUT2D eigenvalue weighted by molar-refractivity contribution is -0.150. The number of hydrogen-bond donors (Lipinski definition) is 1. The lowest BCUT2D eigenvalue weighted by Gasteiger charge is -2.27. The first-order valence-electron chi connectivity index (χ1n) is 9.86. The van der Waals surface area contributed by atoms with Crippen LogP contribution in [0.25, 0.3) is 0 Å². The molecule has 0 radical (unpaired) electrons. The van der Waals surface area contributed by atoms with E-state index in [0.717, 1.165) is 12.8 Å². The number of nitrogens with one attached hydrogen (secondary N) is 1. The number of ether oxygens (including phenoxy) is 3. The highest BCUT2D eigenvalue weighted by Gasteiger charge is 2.50. The minimum Gasteiger partial charge on any atom is -0.469 e. The molecule has 28 heavy (non-hydrogen) atoms. The molecule has 4 rings (SSSR count). The minimum atomic E-state index is -0.638. The molecule has 2 aromatic rings. The Morgan fingerprint density at radius 2 is 1.46 bits per heavy atom. The van der Waals surface area contributed by atoms with Crippen LogP contribution in [-0.2, 0) is 27.1 Å². The fourth-order valence-corrected chi connectivity index (χ4v) is 4.09. The molecule has 0 bridgehead atoms. The lowest BCUT2D eigenvalue weighted by atomic mass is 9.92. The van der Waals surface area contributed by atoms with Gasteiger partial charge in [0, 0.05) is 0 Å². The van der Waals surface area contributed by atoms with Crippen molar-refractivity contribution in [1.82, 2.24) is 5.32 Å². The van der Waals surface area contributed by atoms with E-state index in [1.165, 1.54) is 11.1 Å². The maximum atomic E-state index is 6.36. The van der Waals surface area contributed by atoms with Crippen molar-refractivity contribution in [1.29, 1.82) is 0 Å². The number of fused-ring (bicyclic) bond motifs is 1. The zero-order chi connectivity index (χ0) is 19.6. The molecule has 2 heterocycles. The van der Waals surface area contributed by atoms with Crippen molar-refractivity contribution in [3.8, 4) is 0 Å². The number of nitrogens with zero attached hydrogens (tertiary/aromatic N) is 1. The normalized spacial score (nSPS) is 28.6. The fraction of sp³-hybridized carbons (Fsp3) is 0.435. The second-order valence-electron chi connectivity index (χ2n) is 7.90. The van der Waals surface area contributed by atoms with Crippen molar-refractivity contribution in [3.63, 3.8) is 0 Å². The number of hydrogen-bond acceptors (Lipinski definition) is 5. The van der Waals surface area contributed by atoms with Crippen molar-refractivity contribution in [2.45, 2.75) is 56.8 Å². The van der Waals surface area contributed by atoms with Gasteiger partial charge in [0.05, 0.1) is 19.2 Å². The van der Waals surface area contributed by atoms with Gasteiger partial charge in [-0.05, 0) is 37.8 Å². The Morgan fingerprint density at radius 3 is 2.07 bits per heavy atom. The zero-order valence-electron chi connectivity index (χ0n) is 16.7.